The smallest absolute Gasteiger partial charge is 0.278 e. The maximum Gasteiger partial charge on any atom is 0.278 e. The first-order valence-corrected chi connectivity index (χ1v) is 8.27. The van der Waals surface area contributed by atoms with E-state index < -0.39 is 0 Å². The van der Waals surface area contributed by atoms with Crippen molar-refractivity contribution in [2.45, 2.75) is 25.7 Å². The van der Waals surface area contributed by atoms with Crippen LogP contribution < -0.4 is 11.1 Å². The number of aromatic amines is 1. The van der Waals surface area contributed by atoms with Crippen LogP contribution in [0.15, 0.2) is 36.7 Å². The number of aryl methyl sites for hydroxylation is 1. The molecule has 7 nitrogen and oxygen atoms in total. The molecule has 1 aliphatic rings. The third-order valence-electron chi connectivity index (χ3n) is 4.39. The van der Waals surface area contributed by atoms with Gasteiger partial charge in [0.1, 0.15) is 0 Å². The third kappa shape index (κ3) is 2.96. The molecule has 0 spiro atoms. The number of nitrogen functional groups attached to an aromatic ring is 1. The molecule has 0 saturated carbocycles. The lowest BCUT2D eigenvalue weighted by Gasteiger charge is -2.12. The summed E-state index contributed by atoms with van der Waals surface area (Å²) < 4.78 is 0. The molecule has 126 valence electrons. The number of carbonyl (C=O) groups is 1. The Balaban J connectivity index is 1.61. The molecule has 4 rings (SSSR count). The van der Waals surface area contributed by atoms with E-state index in [0.717, 1.165) is 24.1 Å². The molecule has 2 aromatic heterocycles. The van der Waals surface area contributed by atoms with Gasteiger partial charge < -0.3 is 11.1 Å². The Kier molecular flexibility index (Phi) is 3.89. The molecule has 3 aromatic rings. The molecule has 0 bridgehead atoms. The van der Waals surface area contributed by atoms with Crippen LogP contribution >= 0.6 is 0 Å². The average Bonchev–Trinajstić information content (AvgIpc) is 3.06. The first-order valence-electron chi connectivity index (χ1n) is 8.27. The SMILES string of the molecule is Nc1nccnc1C(=O)Nc1cccc(-c2n[nH]c3c2CCCC3)c1. The fourth-order valence-corrected chi connectivity index (χ4v) is 3.18. The molecule has 0 radical (unpaired) electrons. The Labute approximate surface area is 144 Å². The molecule has 0 fully saturated rings. The molecule has 4 N–H and O–H groups in total. The van der Waals surface area contributed by atoms with E-state index in [-0.39, 0.29) is 17.4 Å². The lowest BCUT2D eigenvalue weighted by molar-refractivity contribution is 0.102. The van der Waals surface area contributed by atoms with E-state index in [1.54, 1.807) is 0 Å². The van der Waals surface area contributed by atoms with Crippen molar-refractivity contribution in [3.8, 4) is 11.3 Å². The summed E-state index contributed by atoms with van der Waals surface area (Å²) in [6, 6.07) is 7.63. The fraction of sp³-hybridized carbons (Fsp3) is 0.222. The number of anilines is 2. The van der Waals surface area contributed by atoms with Gasteiger partial charge in [-0.15, -0.1) is 0 Å². The van der Waals surface area contributed by atoms with Crippen molar-refractivity contribution in [3.05, 3.63) is 53.6 Å². The summed E-state index contributed by atoms with van der Waals surface area (Å²) in [6.07, 6.45) is 7.36. The van der Waals surface area contributed by atoms with Gasteiger partial charge in [0.15, 0.2) is 11.5 Å². The number of carbonyl (C=O) groups excluding carboxylic acids is 1. The van der Waals surface area contributed by atoms with Crippen LogP contribution in [0.2, 0.25) is 0 Å². The number of amides is 1. The van der Waals surface area contributed by atoms with Gasteiger partial charge in [0.05, 0.1) is 5.69 Å². The summed E-state index contributed by atoms with van der Waals surface area (Å²) in [7, 11) is 0. The Bertz CT molecular complexity index is 933. The zero-order valence-corrected chi connectivity index (χ0v) is 13.6. The molecule has 1 aliphatic carbocycles. The highest BCUT2D eigenvalue weighted by Crippen LogP contribution is 2.30. The number of nitrogens with one attached hydrogen (secondary N) is 2. The van der Waals surface area contributed by atoms with Crippen molar-refractivity contribution in [1.29, 1.82) is 0 Å². The summed E-state index contributed by atoms with van der Waals surface area (Å²) in [5.74, 6) is -0.274. The van der Waals surface area contributed by atoms with Crippen LogP contribution in [0.4, 0.5) is 11.5 Å². The van der Waals surface area contributed by atoms with Crippen LogP contribution in [-0.2, 0) is 12.8 Å². The first-order chi connectivity index (χ1) is 12.2. The van der Waals surface area contributed by atoms with Crippen molar-refractivity contribution < 1.29 is 4.79 Å². The Morgan fingerprint density at radius 1 is 1.16 bits per heavy atom. The first kappa shape index (κ1) is 15.3. The van der Waals surface area contributed by atoms with Crippen molar-refractivity contribution in [2.24, 2.45) is 0 Å². The monoisotopic (exact) mass is 334 g/mol. The molecule has 0 saturated heterocycles. The minimum absolute atomic E-state index is 0.109. The predicted octanol–water partition coefficient (Wildman–Crippen LogP) is 2.58. The second kappa shape index (κ2) is 6.35. The minimum Gasteiger partial charge on any atom is -0.382 e. The predicted molar refractivity (Wildman–Crippen MR) is 95.1 cm³/mol. The Morgan fingerprint density at radius 2 is 2.00 bits per heavy atom. The van der Waals surface area contributed by atoms with E-state index in [2.05, 4.69) is 25.5 Å². The van der Waals surface area contributed by atoms with Crippen molar-refractivity contribution >= 4 is 17.4 Å². The zero-order chi connectivity index (χ0) is 17.2. The summed E-state index contributed by atoms with van der Waals surface area (Å²) >= 11 is 0. The van der Waals surface area contributed by atoms with E-state index in [1.807, 2.05) is 24.3 Å². The van der Waals surface area contributed by atoms with Crippen LogP contribution in [0.25, 0.3) is 11.3 Å². The van der Waals surface area contributed by atoms with E-state index in [1.165, 1.54) is 36.5 Å². The summed E-state index contributed by atoms with van der Waals surface area (Å²) in [5, 5.41) is 10.4. The largest absolute Gasteiger partial charge is 0.382 e. The number of H-pyrrole nitrogens is 1. The standard InChI is InChI=1S/C18H18N6O/c19-17-16(20-8-9-21-17)18(25)22-12-5-3-4-11(10-12)15-13-6-1-2-7-14(13)23-24-15/h3-5,8-10H,1-2,6-7H2,(H2,19,21)(H,22,25)(H,23,24). The van der Waals surface area contributed by atoms with Crippen LogP contribution in [0.5, 0.6) is 0 Å². The highest BCUT2D eigenvalue weighted by Gasteiger charge is 2.18. The second-order valence-electron chi connectivity index (χ2n) is 6.06. The normalized spacial score (nSPS) is 13.3. The van der Waals surface area contributed by atoms with Crippen LogP contribution in [-0.4, -0.2) is 26.1 Å². The van der Waals surface area contributed by atoms with Gasteiger partial charge in [0.2, 0.25) is 0 Å². The quantitative estimate of drug-likeness (QED) is 0.682. The van der Waals surface area contributed by atoms with E-state index >= 15 is 0 Å². The lowest BCUT2D eigenvalue weighted by Crippen LogP contribution is -2.16. The molecule has 25 heavy (non-hydrogen) atoms. The van der Waals surface area contributed by atoms with Gasteiger partial charge in [-0.3, -0.25) is 9.89 Å². The lowest BCUT2D eigenvalue weighted by atomic mass is 9.93. The van der Waals surface area contributed by atoms with Crippen molar-refractivity contribution in [1.82, 2.24) is 20.2 Å². The highest BCUT2D eigenvalue weighted by molar-refractivity contribution is 6.05. The number of rotatable bonds is 3. The summed E-state index contributed by atoms with van der Waals surface area (Å²) in [5.41, 5.74) is 10.9. The number of aromatic nitrogens is 4. The molecule has 0 aliphatic heterocycles. The number of hydrogen-bond donors (Lipinski definition) is 3. The van der Waals surface area contributed by atoms with Gasteiger partial charge in [-0.25, -0.2) is 9.97 Å². The van der Waals surface area contributed by atoms with Gasteiger partial charge in [0.25, 0.3) is 5.91 Å². The average molecular weight is 334 g/mol. The number of nitrogens with two attached hydrogens (primary N) is 1. The third-order valence-corrected chi connectivity index (χ3v) is 4.39. The molecular weight excluding hydrogens is 316 g/mol. The van der Waals surface area contributed by atoms with Gasteiger partial charge >= 0.3 is 0 Å². The summed E-state index contributed by atoms with van der Waals surface area (Å²) in [4.78, 5) is 20.2. The van der Waals surface area contributed by atoms with Crippen LogP contribution in [0.3, 0.4) is 0 Å². The fourth-order valence-electron chi connectivity index (χ4n) is 3.18. The Hall–Kier alpha value is -3.22. The second-order valence-corrected chi connectivity index (χ2v) is 6.06. The van der Waals surface area contributed by atoms with E-state index in [4.69, 9.17) is 5.73 Å². The van der Waals surface area contributed by atoms with Gasteiger partial charge in [-0.1, -0.05) is 12.1 Å². The number of hydrogen-bond acceptors (Lipinski definition) is 5. The molecule has 1 aromatic carbocycles. The summed E-state index contributed by atoms with van der Waals surface area (Å²) in [6.45, 7) is 0. The van der Waals surface area contributed by atoms with E-state index in [9.17, 15) is 4.79 Å². The number of fused-ring (bicyclic) bond motifs is 1. The van der Waals surface area contributed by atoms with Crippen molar-refractivity contribution in [2.75, 3.05) is 11.1 Å². The number of benzene rings is 1. The topological polar surface area (TPSA) is 110 Å². The van der Waals surface area contributed by atoms with Gasteiger partial charge in [0, 0.05) is 34.9 Å². The maximum absolute atomic E-state index is 12.3. The van der Waals surface area contributed by atoms with Crippen LogP contribution in [0, 0.1) is 0 Å². The van der Waals surface area contributed by atoms with Crippen LogP contribution in [0.1, 0.15) is 34.6 Å². The van der Waals surface area contributed by atoms with Crippen molar-refractivity contribution in [3.63, 3.8) is 0 Å². The molecule has 0 atom stereocenters. The molecule has 1 amide bonds. The van der Waals surface area contributed by atoms with E-state index in [0.29, 0.717) is 5.69 Å². The number of nitrogens with zero attached hydrogens (tertiary/aromatic N) is 3. The van der Waals surface area contributed by atoms with Gasteiger partial charge in [-0.05, 0) is 37.8 Å². The molecule has 7 heteroatoms. The molecule has 0 unspecified atom stereocenters. The molecular formula is C18H18N6O. The zero-order valence-electron chi connectivity index (χ0n) is 13.6. The van der Waals surface area contributed by atoms with Gasteiger partial charge in [-0.2, -0.15) is 5.10 Å². The highest BCUT2D eigenvalue weighted by atomic mass is 16.1. The Morgan fingerprint density at radius 3 is 2.88 bits per heavy atom. The minimum atomic E-state index is -0.383. The maximum atomic E-state index is 12.3. The molecule has 2 heterocycles.